The molecule has 0 bridgehead atoms. The van der Waals surface area contributed by atoms with Crippen LogP contribution in [0.1, 0.15) is 55.4 Å². The van der Waals surface area contributed by atoms with Gasteiger partial charge in [-0.15, -0.1) is 0 Å². The number of halogens is 1. The standard InChI is InChI=1S/C32H32ClN3O3/c1-4-8-29-28(19-22-11-13-23(14-12-22)27-10-7-6-9-24(27)20-34)31(38)36(30(5-2)35-29)25-15-17-26(18-16-25)39-32(3,33)21-37/h6-7,9-18,37H,4-5,8,19,21H2,1-3H3. The van der Waals surface area contributed by atoms with Crippen molar-refractivity contribution in [3.63, 3.8) is 0 Å². The maximum Gasteiger partial charge on any atom is 0.261 e. The van der Waals surface area contributed by atoms with E-state index >= 15 is 0 Å². The van der Waals surface area contributed by atoms with E-state index in [9.17, 15) is 15.2 Å². The topological polar surface area (TPSA) is 88.1 Å². The van der Waals surface area contributed by atoms with Crippen molar-refractivity contribution >= 4 is 11.6 Å². The van der Waals surface area contributed by atoms with Gasteiger partial charge in [0.2, 0.25) is 5.06 Å². The van der Waals surface area contributed by atoms with E-state index in [1.54, 1.807) is 35.8 Å². The van der Waals surface area contributed by atoms with Gasteiger partial charge in [-0.05, 0) is 60.4 Å². The van der Waals surface area contributed by atoms with Crippen LogP contribution in [-0.2, 0) is 19.3 Å². The lowest BCUT2D eigenvalue weighted by Crippen LogP contribution is -2.30. The number of hydrogen-bond acceptors (Lipinski definition) is 5. The number of nitriles is 1. The second-order valence-electron chi connectivity index (χ2n) is 9.58. The minimum Gasteiger partial charge on any atom is -0.470 e. The second kappa shape index (κ2) is 12.3. The molecule has 0 saturated heterocycles. The van der Waals surface area contributed by atoms with Crippen molar-refractivity contribution in [2.75, 3.05) is 6.61 Å². The van der Waals surface area contributed by atoms with E-state index in [4.69, 9.17) is 21.3 Å². The minimum atomic E-state index is -1.23. The molecule has 1 heterocycles. The quantitative estimate of drug-likeness (QED) is 0.241. The fourth-order valence-electron chi connectivity index (χ4n) is 4.55. The Morgan fingerprint density at radius 1 is 1.05 bits per heavy atom. The van der Waals surface area contributed by atoms with Crippen molar-refractivity contribution in [2.24, 2.45) is 0 Å². The van der Waals surface area contributed by atoms with Crippen LogP contribution in [0.5, 0.6) is 5.75 Å². The number of hydrogen-bond donors (Lipinski definition) is 1. The Balaban J connectivity index is 1.72. The van der Waals surface area contributed by atoms with Gasteiger partial charge < -0.3 is 9.84 Å². The summed E-state index contributed by atoms with van der Waals surface area (Å²) in [6, 6.07) is 24.8. The molecule has 0 aliphatic rings. The third-order valence-corrected chi connectivity index (χ3v) is 6.73. The zero-order valence-electron chi connectivity index (χ0n) is 22.4. The third kappa shape index (κ3) is 6.39. The van der Waals surface area contributed by atoms with Crippen LogP contribution >= 0.6 is 11.6 Å². The van der Waals surface area contributed by atoms with E-state index in [2.05, 4.69) is 13.0 Å². The zero-order chi connectivity index (χ0) is 28.0. The molecule has 0 aliphatic carbocycles. The van der Waals surface area contributed by atoms with Crippen LogP contribution in [0.25, 0.3) is 16.8 Å². The first-order chi connectivity index (χ1) is 18.8. The first-order valence-electron chi connectivity index (χ1n) is 13.1. The predicted molar refractivity (Wildman–Crippen MR) is 155 cm³/mol. The van der Waals surface area contributed by atoms with E-state index in [0.29, 0.717) is 47.7 Å². The largest absolute Gasteiger partial charge is 0.470 e. The van der Waals surface area contributed by atoms with Gasteiger partial charge in [-0.1, -0.05) is 74.3 Å². The number of aliphatic hydroxyl groups is 1. The van der Waals surface area contributed by atoms with Crippen LogP contribution in [0.3, 0.4) is 0 Å². The smallest absolute Gasteiger partial charge is 0.261 e. The molecule has 1 N–H and O–H groups in total. The highest BCUT2D eigenvalue weighted by Crippen LogP contribution is 2.26. The normalized spacial score (nSPS) is 12.5. The van der Waals surface area contributed by atoms with Crippen LogP contribution in [0.2, 0.25) is 0 Å². The predicted octanol–water partition coefficient (Wildman–Crippen LogP) is 6.20. The number of aliphatic hydroxyl groups excluding tert-OH is 1. The number of ether oxygens (including phenoxy) is 1. The summed E-state index contributed by atoms with van der Waals surface area (Å²) in [6.07, 6.45) is 2.65. The van der Waals surface area contributed by atoms with E-state index in [1.165, 1.54) is 0 Å². The molecule has 1 aromatic heterocycles. The second-order valence-corrected chi connectivity index (χ2v) is 10.4. The van der Waals surface area contributed by atoms with E-state index in [-0.39, 0.29) is 12.2 Å². The van der Waals surface area contributed by atoms with Crippen LogP contribution in [-0.4, -0.2) is 26.3 Å². The molecular weight excluding hydrogens is 510 g/mol. The van der Waals surface area contributed by atoms with Gasteiger partial charge in [0.25, 0.3) is 5.56 Å². The highest BCUT2D eigenvalue weighted by atomic mass is 35.5. The molecule has 0 fully saturated rings. The van der Waals surface area contributed by atoms with Crippen molar-refractivity contribution in [3.8, 4) is 28.6 Å². The highest BCUT2D eigenvalue weighted by molar-refractivity contribution is 6.22. The van der Waals surface area contributed by atoms with Gasteiger partial charge in [0.05, 0.1) is 29.6 Å². The summed E-state index contributed by atoms with van der Waals surface area (Å²) in [5, 5.41) is 17.6. The lowest BCUT2D eigenvalue weighted by Gasteiger charge is -2.22. The zero-order valence-corrected chi connectivity index (χ0v) is 23.2. The maximum absolute atomic E-state index is 14.0. The summed E-state index contributed by atoms with van der Waals surface area (Å²) < 4.78 is 7.30. The number of aryl methyl sites for hydroxylation is 2. The van der Waals surface area contributed by atoms with Crippen LogP contribution in [0.4, 0.5) is 0 Å². The summed E-state index contributed by atoms with van der Waals surface area (Å²) in [5.41, 5.74) is 5.56. The first-order valence-corrected chi connectivity index (χ1v) is 13.5. The van der Waals surface area contributed by atoms with Gasteiger partial charge >= 0.3 is 0 Å². The number of rotatable bonds is 10. The lowest BCUT2D eigenvalue weighted by atomic mass is 9.97. The molecule has 200 valence electrons. The highest BCUT2D eigenvalue weighted by Gasteiger charge is 2.22. The molecule has 6 nitrogen and oxygen atoms in total. The summed E-state index contributed by atoms with van der Waals surface area (Å²) in [7, 11) is 0. The fourth-order valence-corrected chi connectivity index (χ4v) is 4.64. The third-order valence-electron chi connectivity index (χ3n) is 6.54. The average molecular weight is 542 g/mol. The van der Waals surface area contributed by atoms with Crippen molar-refractivity contribution in [1.29, 1.82) is 5.26 Å². The maximum atomic E-state index is 14.0. The molecule has 3 aromatic carbocycles. The van der Waals surface area contributed by atoms with Crippen LogP contribution in [0, 0.1) is 11.3 Å². The van der Waals surface area contributed by atoms with Crippen molar-refractivity contribution in [2.45, 2.75) is 51.5 Å². The molecule has 4 rings (SSSR count). The number of benzene rings is 3. The number of nitrogens with zero attached hydrogens (tertiary/aromatic N) is 3. The van der Waals surface area contributed by atoms with Crippen LogP contribution in [0.15, 0.2) is 77.6 Å². The molecule has 0 spiro atoms. The summed E-state index contributed by atoms with van der Waals surface area (Å²) in [4.78, 5) is 18.9. The summed E-state index contributed by atoms with van der Waals surface area (Å²) in [5.74, 6) is 1.19. The van der Waals surface area contributed by atoms with Gasteiger partial charge in [0, 0.05) is 18.4 Å². The molecule has 0 aliphatic heterocycles. The Kier molecular flexibility index (Phi) is 8.86. The molecule has 1 unspecified atom stereocenters. The number of aromatic nitrogens is 2. The Morgan fingerprint density at radius 2 is 1.74 bits per heavy atom. The monoisotopic (exact) mass is 541 g/mol. The molecule has 0 radical (unpaired) electrons. The van der Waals surface area contributed by atoms with Crippen LogP contribution < -0.4 is 10.3 Å². The van der Waals surface area contributed by atoms with Gasteiger partial charge in [-0.3, -0.25) is 9.36 Å². The molecule has 39 heavy (non-hydrogen) atoms. The van der Waals surface area contributed by atoms with Gasteiger partial charge in [-0.25, -0.2) is 4.98 Å². The Hall–Kier alpha value is -3.92. The van der Waals surface area contributed by atoms with Crippen molar-refractivity contribution in [1.82, 2.24) is 9.55 Å². The average Bonchev–Trinajstić information content (AvgIpc) is 2.95. The van der Waals surface area contributed by atoms with E-state index in [1.807, 2.05) is 55.5 Å². The lowest BCUT2D eigenvalue weighted by molar-refractivity contribution is 0.0949. The molecular formula is C32H32ClN3O3. The van der Waals surface area contributed by atoms with Gasteiger partial charge in [0.1, 0.15) is 11.6 Å². The molecule has 1 atom stereocenters. The first kappa shape index (κ1) is 28.1. The van der Waals surface area contributed by atoms with Gasteiger partial charge in [-0.2, -0.15) is 5.26 Å². The molecule has 0 saturated carbocycles. The Morgan fingerprint density at radius 3 is 2.36 bits per heavy atom. The van der Waals surface area contributed by atoms with Crippen molar-refractivity contribution in [3.05, 3.63) is 111 Å². The SMILES string of the molecule is CCCc1nc(CC)n(-c2ccc(OC(C)(Cl)CO)cc2)c(=O)c1Cc1ccc(-c2ccccc2C#N)cc1. The molecule has 0 amide bonds. The van der Waals surface area contributed by atoms with Gasteiger partial charge in [0.15, 0.2) is 0 Å². The Labute approximate surface area is 234 Å². The Bertz CT molecular complexity index is 1540. The van der Waals surface area contributed by atoms with Crippen molar-refractivity contribution < 1.29 is 9.84 Å². The van der Waals surface area contributed by atoms with E-state index < -0.39 is 5.06 Å². The van der Waals surface area contributed by atoms with E-state index in [0.717, 1.165) is 28.8 Å². The minimum absolute atomic E-state index is 0.0876. The number of alkyl halides is 1. The summed E-state index contributed by atoms with van der Waals surface area (Å²) >= 11 is 6.14. The summed E-state index contributed by atoms with van der Waals surface area (Å²) in [6.45, 7) is 5.32. The fraction of sp³-hybridized carbons (Fsp3) is 0.281. The molecule has 4 aromatic rings. The molecule has 7 heteroatoms.